The number of carbonyl (C=O) groups excluding carboxylic acids is 1. The quantitative estimate of drug-likeness (QED) is 0.805. The Balaban J connectivity index is 2.76. The fourth-order valence-corrected chi connectivity index (χ4v) is 1.48. The van der Waals surface area contributed by atoms with Crippen LogP contribution in [0.2, 0.25) is 0 Å². The molecule has 0 aliphatic heterocycles. The van der Waals surface area contributed by atoms with Crippen molar-refractivity contribution in [2.75, 3.05) is 19.0 Å². The summed E-state index contributed by atoms with van der Waals surface area (Å²) in [6.07, 6.45) is -0.597. The van der Waals surface area contributed by atoms with E-state index in [1.807, 2.05) is 32.0 Å². The van der Waals surface area contributed by atoms with E-state index >= 15 is 0 Å². The fraction of sp³-hybridized carbons (Fsp3) is 0.417. The summed E-state index contributed by atoms with van der Waals surface area (Å²) in [6.45, 7) is 4.14. The highest BCUT2D eigenvalue weighted by Crippen LogP contribution is 2.16. The summed E-state index contributed by atoms with van der Waals surface area (Å²) >= 11 is 0. The summed E-state index contributed by atoms with van der Waals surface area (Å²) in [4.78, 5) is 11.7. The van der Waals surface area contributed by atoms with Crippen LogP contribution in [0.5, 0.6) is 0 Å². The lowest BCUT2D eigenvalue weighted by Crippen LogP contribution is -2.36. The van der Waals surface area contributed by atoms with E-state index < -0.39 is 6.10 Å². The number of nitrogens with two attached hydrogens (primary N) is 1. The van der Waals surface area contributed by atoms with Crippen LogP contribution in [0.1, 0.15) is 11.1 Å². The van der Waals surface area contributed by atoms with Crippen LogP contribution in [0.3, 0.4) is 0 Å². The Morgan fingerprint density at radius 1 is 1.50 bits per heavy atom. The van der Waals surface area contributed by atoms with Crippen molar-refractivity contribution in [3.05, 3.63) is 29.3 Å². The first-order chi connectivity index (χ1) is 7.58. The summed E-state index contributed by atoms with van der Waals surface area (Å²) in [5.41, 5.74) is 8.40. The zero-order chi connectivity index (χ0) is 12.1. The van der Waals surface area contributed by atoms with Gasteiger partial charge >= 0.3 is 0 Å². The van der Waals surface area contributed by atoms with Crippen molar-refractivity contribution >= 4 is 11.6 Å². The zero-order valence-electron chi connectivity index (χ0n) is 9.91. The van der Waals surface area contributed by atoms with E-state index in [9.17, 15) is 4.79 Å². The molecule has 16 heavy (non-hydrogen) atoms. The highest BCUT2D eigenvalue weighted by atomic mass is 16.5. The Hall–Kier alpha value is -1.39. The standard InChI is InChI=1S/C12H18N2O2/c1-8-4-5-10(9(2)6-8)14-12(15)11(7-13)16-3/h4-6,11H,7,13H2,1-3H3,(H,14,15). The second kappa shape index (κ2) is 5.63. The molecular weight excluding hydrogens is 204 g/mol. The Morgan fingerprint density at radius 2 is 2.19 bits per heavy atom. The molecule has 0 aliphatic carbocycles. The molecule has 1 atom stereocenters. The van der Waals surface area contributed by atoms with Crippen LogP contribution >= 0.6 is 0 Å². The SMILES string of the molecule is COC(CN)C(=O)Nc1ccc(C)cc1C. The monoisotopic (exact) mass is 222 g/mol. The van der Waals surface area contributed by atoms with Gasteiger partial charge in [-0.05, 0) is 25.5 Å². The smallest absolute Gasteiger partial charge is 0.254 e. The number of carbonyl (C=O) groups is 1. The van der Waals surface area contributed by atoms with Gasteiger partial charge in [0.05, 0.1) is 0 Å². The van der Waals surface area contributed by atoms with E-state index in [2.05, 4.69) is 5.32 Å². The van der Waals surface area contributed by atoms with Gasteiger partial charge in [-0.25, -0.2) is 0 Å². The van der Waals surface area contributed by atoms with Crippen molar-refractivity contribution in [3.63, 3.8) is 0 Å². The Labute approximate surface area is 95.8 Å². The molecule has 0 spiro atoms. The van der Waals surface area contributed by atoms with E-state index in [1.54, 1.807) is 0 Å². The third-order valence-electron chi connectivity index (χ3n) is 2.43. The van der Waals surface area contributed by atoms with Crippen LogP contribution in [0.4, 0.5) is 5.69 Å². The number of hydrogen-bond donors (Lipinski definition) is 2. The van der Waals surface area contributed by atoms with Crippen molar-refractivity contribution in [1.82, 2.24) is 0 Å². The van der Waals surface area contributed by atoms with Crippen molar-refractivity contribution in [3.8, 4) is 0 Å². The number of nitrogens with one attached hydrogen (secondary N) is 1. The average Bonchev–Trinajstić information content (AvgIpc) is 2.24. The average molecular weight is 222 g/mol. The van der Waals surface area contributed by atoms with Crippen LogP contribution in [0.25, 0.3) is 0 Å². The number of benzene rings is 1. The van der Waals surface area contributed by atoms with Crippen LogP contribution in [0.15, 0.2) is 18.2 Å². The lowest BCUT2D eigenvalue weighted by molar-refractivity contribution is -0.125. The van der Waals surface area contributed by atoms with E-state index in [1.165, 1.54) is 7.11 Å². The van der Waals surface area contributed by atoms with Crippen molar-refractivity contribution in [2.45, 2.75) is 20.0 Å². The normalized spacial score (nSPS) is 12.2. The number of rotatable bonds is 4. The second-order valence-corrected chi connectivity index (χ2v) is 3.77. The minimum atomic E-state index is -0.597. The first kappa shape index (κ1) is 12.7. The maximum absolute atomic E-state index is 11.7. The molecular formula is C12H18N2O2. The van der Waals surface area contributed by atoms with Gasteiger partial charge in [0, 0.05) is 19.3 Å². The highest BCUT2D eigenvalue weighted by Gasteiger charge is 2.16. The van der Waals surface area contributed by atoms with Gasteiger partial charge in [0.1, 0.15) is 6.10 Å². The molecule has 4 nitrogen and oxygen atoms in total. The van der Waals surface area contributed by atoms with E-state index in [0.29, 0.717) is 0 Å². The van der Waals surface area contributed by atoms with Gasteiger partial charge in [-0.15, -0.1) is 0 Å². The molecule has 0 fully saturated rings. The first-order valence-electron chi connectivity index (χ1n) is 5.19. The molecule has 1 rings (SSSR count). The third kappa shape index (κ3) is 3.05. The predicted molar refractivity (Wildman–Crippen MR) is 64.4 cm³/mol. The van der Waals surface area contributed by atoms with E-state index in [4.69, 9.17) is 10.5 Å². The lowest BCUT2D eigenvalue weighted by atomic mass is 10.1. The molecule has 0 radical (unpaired) electrons. The molecule has 3 N–H and O–H groups in total. The number of methoxy groups -OCH3 is 1. The molecule has 4 heteroatoms. The predicted octanol–water partition coefficient (Wildman–Crippen LogP) is 1.22. The Morgan fingerprint density at radius 3 is 2.69 bits per heavy atom. The summed E-state index contributed by atoms with van der Waals surface area (Å²) in [5.74, 6) is -0.211. The van der Waals surface area contributed by atoms with Gasteiger partial charge in [0.25, 0.3) is 5.91 Å². The Kier molecular flexibility index (Phi) is 4.46. The second-order valence-electron chi connectivity index (χ2n) is 3.77. The van der Waals surface area contributed by atoms with Crippen LogP contribution in [-0.2, 0) is 9.53 Å². The van der Waals surface area contributed by atoms with Gasteiger partial charge in [0.2, 0.25) is 0 Å². The van der Waals surface area contributed by atoms with Crippen LogP contribution in [0, 0.1) is 13.8 Å². The summed E-state index contributed by atoms with van der Waals surface area (Å²) in [5, 5.41) is 2.80. The number of anilines is 1. The van der Waals surface area contributed by atoms with E-state index in [-0.39, 0.29) is 12.5 Å². The molecule has 0 saturated heterocycles. The largest absolute Gasteiger partial charge is 0.370 e. The molecule has 0 heterocycles. The van der Waals surface area contributed by atoms with Crippen molar-refractivity contribution < 1.29 is 9.53 Å². The maximum Gasteiger partial charge on any atom is 0.254 e. The van der Waals surface area contributed by atoms with Gasteiger partial charge in [0.15, 0.2) is 0 Å². The third-order valence-corrected chi connectivity index (χ3v) is 2.43. The van der Waals surface area contributed by atoms with Crippen molar-refractivity contribution in [2.24, 2.45) is 5.73 Å². The Bertz CT molecular complexity index is 373. The van der Waals surface area contributed by atoms with Crippen LogP contribution in [-0.4, -0.2) is 25.7 Å². The number of aryl methyl sites for hydroxylation is 2. The molecule has 0 aliphatic rings. The fourth-order valence-electron chi connectivity index (χ4n) is 1.48. The summed E-state index contributed by atoms with van der Waals surface area (Å²) in [7, 11) is 1.47. The molecule has 1 amide bonds. The number of ether oxygens (including phenoxy) is 1. The highest BCUT2D eigenvalue weighted by molar-refractivity contribution is 5.95. The summed E-state index contributed by atoms with van der Waals surface area (Å²) in [6, 6.07) is 5.85. The number of amides is 1. The molecule has 0 bridgehead atoms. The minimum Gasteiger partial charge on any atom is -0.370 e. The molecule has 1 aromatic carbocycles. The summed E-state index contributed by atoms with van der Waals surface area (Å²) < 4.78 is 4.96. The minimum absolute atomic E-state index is 0.174. The van der Waals surface area contributed by atoms with Gasteiger partial charge < -0.3 is 15.8 Å². The van der Waals surface area contributed by atoms with Crippen molar-refractivity contribution in [1.29, 1.82) is 0 Å². The van der Waals surface area contributed by atoms with Gasteiger partial charge in [-0.2, -0.15) is 0 Å². The number of hydrogen-bond acceptors (Lipinski definition) is 3. The van der Waals surface area contributed by atoms with Gasteiger partial charge in [-0.3, -0.25) is 4.79 Å². The zero-order valence-corrected chi connectivity index (χ0v) is 9.91. The molecule has 0 aromatic heterocycles. The molecule has 0 saturated carbocycles. The maximum atomic E-state index is 11.7. The molecule has 88 valence electrons. The van der Waals surface area contributed by atoms with Gasteiger partial charge in [-0.1, -0.05) is 17.7 Å². The van der Waals surface area contributed by atoms with E-state index in [0.717, 1.165) is 16.8 Å². The van der Waals surface area contributed by atoms with Crippen LogP contribution < -0.4 is 11.1 Å². The first-order valence-corrected chi connectivity index (χ1v) is 5.19. The lowest BCUT2D eigenvalue weighted by Gasteiger charge is -2.14. The molecule has 1 aromatic rings. The topological polar surface area (TPSA) is 64.3 Å². The molecule has 1 unspecified atom stereocenters.